The molecule has 6 nitrogen and oxygen atoms in total. The first-order valence-electron chi connectivity index (χ1n) is 18.6. The van der Waals surface area contributed by atoms with Crippen molar-refractivity contribution in [3.63, 3.8) is 0 Å². The van der Waals surface area contributed by atoms with Crippen LogP contribution < -0.4 is 0 Å². The van der Waals surface area contributed by atoms with Crippen LogP contribution in [0.4, 0.5) is 0 Å². The van der Waals surface area contributed by atoms with E-state index in [1.165, 1.54) is 134 Å². The Bertz CT molecular complexity index is 656. The molecule has 44 heavy (non-hydrogen) atoms. The standard InChI is InChI=1S/C37H70O6S/c1-3-4-5-6-7-8-9-11-15-18-21-24-27-30-37(41)43-35(32-38)33-42-36(40)29-26-23-20-17-14-12-10-13-16-19-22-25-28-31-44-34(2)39/h35,38H,3-33H2,1-2H3/t35-/m0/s1. The molecular weight excluding hydrogens is 572 g/mol. The molecule has 0 fully saturated rings. The third kappa shape index (κ3) is 33.8. The van der Waals surface area contributed by atoms with Gasteiger partial charge in [0.1, 0.15) is 6.61 Å². The summed E-state index contributed by atoms with van der Waals surface area (Å²) in [6.07, 6.45) is 32.0. The first-order valence-corrected chi connectivity index (χ1v) is 19.6. The number of aliphatic hydroxyl groups is 1. The van der Waals surface area contributed by atoms with Crippen LogP contribution in [0, 0.1) is 0 Å². The van der Waals surface area contributed by atoms with E-state index in [-0.39, 0.29) is 30.3 Å². The number of carbonyl (C=O) groups excluding carboxylic acids is 3. The molecule has 260 valence electrons. The van der Waals surface area contributed by atoms with Gasteiger partial charge in [0.05, 0.1) is 6.61 Å². The highest BCUT2D eigenvalue weighted by molar-refractivity contribution is 8.13. The smallest absolute Gasteiger partial charge is 0.306 e. The molecule has 0 radical (unpaired) electrons. The summed E-state index contributed by atoms with van der Waals surface area (Å²) in [5, 5.41) is 9.75. The highest BCUT2D eigenvalue weighted by Gasteiger charge is 2.16. The molecule has 0 rings (SSSR count). The summed E-state index contributed by atoms with van der Waals surface area (Å²) >= 11 is 1.44. The van der Waals surface area contributed by atoms with Gasteiger partial charge in [0.15, 0.2) is 11.2 Å². The molecule has 0 heterocycles. The summed E-state index contributed by atoms with van der Waals surface area (Å²) in [6.45, 7) is 3.49. The fourth-order valence-electron chi connectivity index (χ4n) is 5.45. The molecule has 0 aromatic carbocycles. The van der Waals surface area contributed by atoms with Gasteiger partial charge in [-0.05, 0) is 19.3 Å². The molecule has 0 aromatic heterocycles. The zero-order valence-electron chi connectivity index (χ0n) is 28.9. The second-order valence-electron chi connectivity index (χ2n) is 12.7. The second kappa shape index (κ2) is 34.8. The molecular formula is C37H70O6S. The lowest BCUT2D eigenvalue weighted by Gasteiger charge is -2.15. The van der Waals surface area contributed by atoms with E-state index in [9.17, 15) is 19.5 Å². The van der Waals surface area contributed by atoms with Gasteiger partial charge < -0.3 is 14.6 Å². The van der Waals surface area contributed by atoms with E-state index in [1.54, 1.807) is 6.92 Å². The molecule has 0 bridgehead atoms. The van der Waals surface area contributed by atoms with Crippen LogP contribution in [0.5, 0.6) is 0 Å². The van der Waals surface area contributed by atoms with Crippen molar-refractivity contribution in [2.45, 2.75) is 200 Å². The molecule has 0 saturated carbocycles. The minimum Gasteiger partial charge on any atom is -0.462 e. The molecule has 7 heteroatoms. The third-order valence-corrected chi connectivity index (χ3v) is 9.15. The summed E-state index contributed by atoms with van der Waals surface area (Å²) < 4.78 is 10.6. The van der Waals surface area contributed by atoms with Crippen LogP contribution in [0.1, 0.15) is 194 Å². The van der Waals surface area contributed by atoms with Crippen LogP contribution in [-0.2, 0) is 23.9 Å². The highest BCUT2D eigenvalue weighted by atomic mass is 32.2. The van der Waals surface area contributed by atoms with Gasteiger partial charge in [0.2, 0.25) is 0 Å². The first-order chi connectivity index (χ1) is 21.5. The SMILES string of the molecule is CCCCCCCCCCCCCCCC(=O)O[C@@H](CO)COC(=O)CCCCCCCCCCCCCCCSC(C)=O. The van der Waals surface area contributed by atoms with Crippen LogP contribution in [0.3, 0.4) is 0 Å². The normalized spacial score (nSPS) is 11.9. The lowest BCUT2D eigenvalue weighted by Crippen LogP contribution is -2.28. The van der Waals surface area contributed by atoms with Gasteiger partial charge in [-0.1, -0.05) is 166 Å². The minimum atomic E-state index is -0.773. The van der Waals surface area contributed by atoms with Crippen LogP contribution in [0.15, 0.2) is 0 Å². The average molecular weight is 643 g/mol. The van der Waals surface area contributed by atoms with E-state index in [4.69, 9.17) is 9.47 Å². The van der Waals surface area contributed by atoms with Crippen LogP contribution in [-0.4, -0.2) is 47.2 Å². The van der Waals surface area contributed by atoms with E-state index in [2.05, 4.69) is 6.92 Å². The molecule has 0 aliphatic heterocycles. The van der Waals surface area contributed by atoms with Crippen molar-refractivity contribution in [3.8, 4) is 0 Å². The number of hydrogen-bond acceptors (Lipinski definition) is 7. The predicted octanol–water partition coefficient (Wildman–Crippen LogP) is 10.7. The quantitative estimate of drug-likeness (QED) is 0.0551. The predicted molar refractivity (Wildman–Crippen MR) is 186 cm³/mol. The number of unbranched alkanes of at least 4 members (excludes halogenated alkanes) is 24. The number of carbonyl (C=O) groups is 3. The maximum atomic E-state index is 12.1. The topological polar surface area (TPSA) is 89.9 Å². The van der Waals surface area contributed by atoms with Gasteiger partial charge in [0, 0.05) is 25.5 Å². The summed E-state index contributed by atoms with van der Waals surface area (Å²) in [5.74, 6) is 0.366. The Morgan fingerprint density at radius 1 is 0.545 bits per heavy atom. The Morgan fingerprint density at radius 3 is 1.30 bits per heavy atom. The number of hydrogen-bond donors (Lipinski definition) is 1. The van der Waals surface area contributed by atoms with Gasteiger partial charge in [-0.3, -0.25) is 14.4 Å². The lowest BCUT2D eigenvalue weighted by molar-refractivity contribution is -0.161. The second-order valence-corrected chi connectivity index (χ2v) is 13.9. The molecule has 1 N–H and O–H groups in total. The maximum Gasteiger partial charge on any atom is 0.306 e. The Labute approximate surface area is 276 Å². The highest BCUT2D eigenvalue weighted by Crippen LogP contribution is 2.15. The summed E-state index contributed by atoms with van der Waals surface area (Å²) in [7, 11) is 0. The van der Waals surface area contributed by atoms with Crippen molar-refractivity contribution < 1.29 is 29.0 Å². The lowest BCUT2D eigenvalue weighted by atomic mass is 10.0. The molecule has 0 amide bonds. The van der Waals surface area contributed by atoms with Crippen molar-refractivity contribution in [1.82, 2.24) is 0 Å². The Hall–Kier alpha value is -1.08. The third-order valence-electron chi connectivity index (χ3n) is 8.25. The number of esters is 2. The number of aliphatic hydroxyl groups excluding tert-OH is 1. The molecule has 0 aliphatic carbocycles. The van der Waals surface area contributed by atoms with Gasteiger partial charge >= 0.3 is 11.9 Å². The van der Waals surface area contributed by atoms with Crippen molar-refractivity contribution in [2.24, 2.45) is 0 Å². The van der Waals surface area contributed by atoms with Gasteiger partial charge in [-0.2, -0.15) is 0 Å². The van der Waals surface area contributed by atoms with E-state index in [0.29, 0.717) is 12.8 Å². The number of thioether (sulfide) groups is 1. The van der Waals surface area contributed by atoms with Gasteiger partial charge in [0.25, 0.3) is 0 Å². The van der Waals surface area contributed by atoms with Crippen molar-refractivity contribution in [3.05, 3.63) is 0 Å². The molecule has 0 aliphatic rings. The molecule has 1 atom stereocenters. The first kappa shape index (κ1) is 42.9. The molecule has 0 saturated heterocycles. The summed E-state index contributed by atoms with van der Waals surface area (Å²) in [6, 6.07) is 0. The number of ether oxygens (including phenoxy) is 2. The summed E-state index contributed by atoms with van der Waals surface area (Å²) in [4.78, 5) is 35.1. The molecule has 0 spiro atoms. The van der Waals surface area contributed by atoms with Crippen molar-refractivity contribution in [2.75, 3.05) is 19.0 Å². The minimum absolute atomic E-state index is 0.0708. The van der Waals surface area contributed by atoms with E-state index in [1.807, 2.05) is 0 Å². The maximum absolute atomic E-state index is 12.1. The zero-order valence-corrected chi connectivity index (χ0v) is 29.7. The monoisotopic (exact) mass is 642 g/mol. The van der Waals surface area contributed by atoms with E-state index < -0.39 is 6.10 Å². The Kier molecular flexibility index (Phi) is 33.9. The Balaban J connectivity index is 3.50. The van der Waals surface area contributed by atoms with Crippen LogP contribution >= 0.6 is 11.8 Å². The van der Waals surface area contributed by atoms with Gasteiger partial charge in [-0.15, -0.1) is 0 Å². The zero-order chi connectivity index (χ0) is 32.4. The fraction of sp³-hybridized carbons (Fsp3) is 0.919. The fourth-order valence-corrected chi connectivity index (χ4v) is 6.08. The van der Waals surface area contributed by atoms with Gasteiger partial charge in [-0.25, -0.2) is 0 Å². The van der Waals surface area contributed by atoms with E-state index >= 15 is 0 Å². The summed E-state index contributed by atoms with van der Waals surface area (Å²) in [5.41, 5.74) is 0. The number of rotatable bonds is 34. The largest absolute Gasteiger partial charge is 0.462 e. The Morgan fingerprint density at radius 2 is 0.909 bits per heavy atom. The molecule has 0 unspecified atom stereocenters. The van der Waals surface area contributed by atoms with Crippen LogP contribution in [0.2, 0.25) is 0 Å². The molecule has 0 aromatic rings. The van der Waals surface area contributed by atoms with Crippen molar-refractivity contribution in [1.29, 1.82) is 0 Å². The van der Waals surface area contributed by atoms with E-state index in [0.717, 1.165) is 50.7 Å². The average Bonchev–Trinajstić information content (AvgIpc) is 3.01. The van der Waals surface area contributed by atoms with Crippen LogP contribution in [0.25, 0.3) is 0 Å². The van der Waals surface area contributed by atoms with Crippen molar-refractivity contribution >= 4 is 28.8 Å².